The van der Waals surface area contributed by atoms with E-state index in [0.717, 1.165) is 12.2 Å². The lowest BCUT2D eigenvalue weighted by molar-refractivity contribution is 0.475. The Labute approximate surface area is 162 Å². The second-order valence-electron chi connectivity index (χ2n) is 7.78. The number of anilines is 1. The zero-order valence-electron chi connectivity index (χ0n) is 17.3. The number of hydrogen-bond donors (Lipinski definition) is 2. The molecule has 0 saturated heterocycles. The van der Waals surface area contributed by atoms with Crippen molar-refractivity contribution in [3.05, 3.63) is 24.3 Å². The second-order valence-corrected chi connectivity index (χ2v) is 7.78. The summed E-state index contributed by atoms with van der Waals surface area (Å²) in [6.07, 6.45) is 22.6. The maximum Gasteiger partial charge on any atom is 0.115 e. The summed E-state index contributed by atoms with van der Waals surface area (Å²) in [5, 5.41) is 12.7. The molecular formula is C24H43NO. The van der Waals surface area contributed by atoms with Crippen molar-refractivity contribution >= 4 is 5.69 Å². The third-order valence-electron chi connectivity index (χ3n) is 5.23. The van der Waals surface area contributed by atoms with E-state index in [1.807, 2.05) is 12.1 Å². The zero-order chi connectivity index (χ0) is 18.7. The van der Waals surface area contributed by atoms with Crippen LogP contribution in [0.25, 0.3) is 0 Å². The Bertz CT molecular complexity index is 401. The molecule has 26 heavy (non-hydrogen) atoms. The van der Waals surface area contributed by atoms with Gasteiger partial charge in [0.2, 0.25) is 0 Å². The molecule has 0 bridgehead atoms. The summed E-state index contributed by atoms with van der Waals surface area (Å²) in [5.74, 6) is 0.331. The van der Waals surface area contributed by atoms with E-state index in [9.17, 15) is 5.11 Å². The van der Waals surface area contributed by atoms with E-state index in [1.54, 1.807) is 12.1 Å². The van der Waals surface area contributed by atoms with E-state index < -0.39 is 0 Å². The first-order chi connectivity index (χ1) is 12.8. The molecule has 150 valence electrons. The van der Waals surface area contributed by atoms with Gasteiger partial charge < -0.3 is 10.4 Å². The van der Waals surface area contributed by atoms with Gasteiger partial charge >= 0.3 is 0 Å². The third-order valence-corrected chi connectivity index (χ3v) is 5.23. The van der Waals surface area contributed by atoms with Crippen molar-refractivity contribution in [1.82, 2.24) is 0 Å². The Hall–Kier alpha value is -1.18. The van der Waals surface area contributed by atoms with Crippen LogP contribution in [0.2, 0.25) is 0 Å². The summed E-state index contributed by atoms with van der Waals surface area (Å²) in [7, 11) is 0. The monoisotopic (exact) mass is 361 g/mol. The molecule has 0 saturated carbocycles. The van der Waals surface area contributed by atoms with Gasteiger partial charge in [-0.1, -0.05) is 103 Å². The van der Waals surface area contributed by atoms with Crippen LogP contribution in [0.15, 0.2) is 24.3 Å². The minimum absolute atomic E-state index is 0.331. The molecule has 2 N–H and O–H groups in total. The van der Waals surface area contributed by atoms with Crippen LogP contribution in [0.3, 0.4) is 0 Å². The average Bonchev–Trinajstić information content (AvgIpc) is 2.66. The molecule has 0 aliphatic heterocycles. The number of aromatic hydroxyl groups is 1. The van der Waals surface area contributed by atoms with Gasteiger partial charge in [-0.15, -0.1) is 0 Å². The standard InChI is InChI=1S/C24H43NO/c1-2-3-4-5-6-7-8-9-10-11-12-13-14-15-16-17-22-25-23-18-20-24(26)21-19-23/h18-21,25-26H,2-17,22H2,1H3. The Morgan fingerprint density at radius 1 is 0.577 bits per heavy atom. The summed E-state index contributed by atoms with van der Waals surface area (Å²) >= 11 is 0. The van der Waals surface area contributed by atoms with Crippen molar-refractivity contribution < 1.29 is 5.11 Å². The normalized spacial score (nSPS) is 11.0. The van der Waals surface area contributed by atoms with E-state index in [2.05, 4.69) is 12.2 Å². The lowest BCUT2D eigenvalue weighted by Crippen LogP contribution is -2.00. The molecule has 0 radical (unpaired) electrons. The fraction of sp³-hybridized carbons (Fsp3) is 0.750. The molecule has 0 aliphatic carbocycles. The quantitative estimate of drug-likeness (QED) is 0.205. The van der Waals surface area contributed by atoms with Gasteiger partial charge in [0, 0.05) is 12.2 Å². The molecule has 0 aliphatic rings. The number of nitrogens with one attached hydrogen (secondary N) is 1. The number of phenols is 1. The molecule has 2 heteroatoms. The Morgan fingerprint density at radius 3 is 1.38 bits per heavy atom. The first-order valence-electron chi connectivity index (χ1n) is 11.4. The lowest BCUT2D eigenvalue weighted by Gasteiger charge is -2.06. The first-order valence-corrected chi connectivity index (χ1v) is 11.4. The molecule has 1 aromatic rings. The van der Waals surface area contributed by atoms with Crippen molar-refractivity contribution in [3.8, 4) is 5.75 Å². The van der Waals surface area contributed by atoms with E-state index in [0.29, 0.717) is 5.75 Å². The molecule has 0 aromatic heterocycles. The van der Waals surface area contributed by atoms with Gasteiger partial charge in [0.05, 0.1) is 0 Å². The number of unbranched alkanes of at least 4 members (excludes halogenated alkanes) is 15. The lowest BCUT2D eigenvalue weighted by atomic mass is 10.0. The van der Waals surface area contributed by atoms with Crippen LogP contribution in [0.4, 0.5) is 5.69 Å². The Kier molecular flexibility index (Phi) is 15.2. The minimum Gasteiger partial charge on any atom is -0.508 e. The fourth-order valence-electron chi connectivity index (χ4n) is 3.49. The van der Waals surface area contributed by atoms with Gasteiger partial charge in [-0.05, 0) is 30.7 Å². The summed E-state index contributed by atoms with van der Waals surface area (Å²) in [6, 6.07) is 7.33. The minimum atomic E-state index is 0.331. The topological polar surface area (TPSA) is 32.3 Å². The zero-order valence-corrected chi connectivity index (χ0v) is 17.3. The van der Waals surface area contributed by atoms with E-state index in [1.165, 1.54) is 103 Å². The molecule has 0 heterocycles. The highest BCUT2D eigenvalue weighted by atomic mass is 16.3. The van der Waals surface area contributed by atoms with Gasteiger partial charge in [-0.3, -0.25) is 0 Å². The molecule has 2 nitrogen and oxygen atoms in total. The Morgan fingerprint density at radius 2 is 0.962 bits per heavy atom. The van der Waals surface area contributed by atoms with Crippen LogP contribution < -0.4 is 5.32 Å². The summed E-state index contributed by atoms with van der Waals surface area (Å²) < 4.78 is 0. The summed E-state index contributed by atoms with van der Waals surface area (Å²) in [4.78, 5) is 0. The summed E-state index contributed by atoms with van der Waals surface area (Å²) in [5.41, 5.74) is 1.10. The van der Waals surface area contributed by atoms with Crippen molar-refractivity contribution in [2.45, 2.75) is 110 Å². The average molecular weight is 362 g/mol. The highest BCUT2D eigenvalue weighted by molar-refractivity contribution is 5.45. The molecular weight excluding hydrogens is 318 g/mol. The van der Waals surface area contributed by atoms with Gasteiger partial charge in [-0.25, -0.2) is 0 Å². The molecule has 0 spiro atoms. The van der Waals surface area contributed by atoms with E-state index in [-0.39, 0.29) is 0 Å². The third kappa shape index (κ3) is 14.0. The van der Waals surface area contributed by atoms with Crippen LogP contribution in [-0.4, -0.2) is 11.7 Å². The number of phenolic OH excluding ortho intramolecular Hbond substituents is 1. The highest BCUT2D eigenvalue weighted by Gasteiger charge is 1.95. The SMILES string of the molecule is CCCCCCCCCCCCCCCCCCNc1ccc(O)cc1. The van der Waals surface area contributed by atoms with E-state index in [4.69, 9.17) is 0 Å². The van der Waals surface area contributed by atoms with Crippen LogP contribution >= 0.6 is 0 Å². The highest BCUT2D eigenvalue weighted by Crippen LogP contribution is 2.15. The van der Waals surface area contributed by atoms with Gasteiger partial charge in [0.1, 0.15) is 5.75 Å². The number of rotatable bonds is 18. The molecule has 0 amide bonds. The fourth-order valence-corrected chi connectivity index (χ4v) is 3.49. The molecule has 1 rings (SSSR count). The van der Waals surface area contributed by atoms with Gasteiger partial charge in [0.15, 0.2) is 0 Å². The van der Waals surface area contributed by atoms with Crippen LogP contribution in [-0.2, 0) is 0 Å². The smallest absolute Gasteiger partial charge is 0.115 e. The van der Waals surface area contributed by atoms with E-state index >= 15 is 0 Å². The predicted molar refractivity (Wildman–Crippen MR) is 116 cm³/mol. The maximum atomic E-state index is 9.25. The van der Waals surface area contributed by atoms with Crippen LogP contribution in [0, 0.1) is 0 Å². The molecule has 0 atom stereocenters. The maximum absolute atomic E-state index is 9.25. The number of benzene rings is 1. The second kappa shape index (κ2) is 17.2. The molecule has 0 fully saturated rings. The van der Waals surface area contributed by atoms with Crippen LogP contribution in [0.5, 0.6) is 5.75 Å². The van der Waals surface area contributed by atoms with Crippen molar-refractivity contribution in [1.29, 1.82) is 0 Å². The van der Waals surface area contributed by atoms with Crippen molar-refractivity contribution in [2.75, 3.05) is 11.9 Å². The van der Waals surface area contributed by atoms with Crippen molar-refractivity contribution in [3.63, 3.8) is 0 Å². The first kappa shape index (κ1) is 22.9. The Balaban J connectivity index is 1.72. The number of hydrogen-bond acceptors (Lipinski definition) is 2. The van der Waals surface area contributed by atoms with Gasteiger partial charge in [0.25, 0.3) is 0 Å². The van der Waals surface area contributed by atoms with Gasteiger partial charge in [-0.2, -0.15) is 0 Å². The predicted octanol–water partition coefficient (Wildman–Crippen LogP) is 8.07. The largest absolute Gasteiger partial charge is 0.508 e. The molecule has 1 aromatic carbocycles. The molecule has 0 unspecified atom stereocenters. The van der Waals surface area contributed by atoms with Crippen LogP contribution in [0.1, 0.15) is 110 Å². The summed E-state index contributed by atoms with van der Waals surface area (Å²) in [6.45, 7) is 3.32. The van der Waals surface area contributed by atoms with Crippen molar-refractivity contribution in [2.24, 2.45) is 0 Å².